The summed E-state index contributed by atoms with van der Waals surface area (Å²) in [4.78, 5) is 42.9. The highest BCUT2D eigenvalue weighted by Gasteiger charge is 2.54. The van der Waals surface area contributed by atoms with Gasteiger partial charge in [0.15, 0.2) is 0 Å². The van der Waals surface area contributed by atoms with Crippen molar-refractivity contribution in [2.24, 2.45) is 5.41 Å². The first-order chi connectivity index (χ1) is 15.6. The lowest BCUT2D eigenvalue weighted by Crippen LogP contribution is -2.66. The Balaban J connectivity index is 1.38. The number of nitrogens with one attached hydrogen (secondary N) is 1. The first kappa shape index (κ1) is 22.5. The fraction of sp³-hybridized carbons (Fsp3) is 0.360. The van der Waals surface area contributed by atoms with Gasteiger partial charge in [-0.25, -0.2) is 14.6 Å². The predicted octanol–water partition coefficient (Wildman–Crippen LogP) is 3.57. The fourth-order valence-corrected chi connectivity index (χ4v) is 3.89. The van der Waals surface area contributed by atoms with E-state index in [1.54, 1.807) is 12.3 Å². The van der Waals surface area contributed by atoms with Gasteiger partial charge in [0.1, 0.15) is 18.0 Å². The number of nitrogens with zero attached hydrogens (tertiary/aromatic N) is 2. The molecule has 1 aromatic carbocycles. The molecular weight excluding hydrogens is 422 g/mol. The van der Waals surface area contributed by atoms with E-state index in [1.807, 2.05) is 57.2 Å². The minimum Gasteiger partial charge on any atom is -0.458 e. The molecule has 8 heteroatoms. The van der Waals surface area contributed by atoms with Crippen molar-refractivity contribution in [3.05, 3.63) is 65.4 Å². The zero-order chi connectivity index (χ0) is 23.6. The number of likely N-dealkylation sites (tertiary alicyclic amines) is 1. The Labute approximate surface area is 192 Å². The highest BCUT2D eigenvalue weighted by atomic mass is 16.6. The van der Waals surface area contributed by atoms with Crippen molar-refractivity contribution in [2.75, 3.05) is 18.4 Å². The van der Waals surface area contributed by atoms with E-state index in [1.165, 1.54) is 11.0 Å². The first-order valence-corrected chi connectivity index (χ1v) is 10.8. The van der Waals surface area contributed by atoms with Crippen LogP contribution in [0, 0.1) is 5.41 Å². The lowest BCUT2D eigenvalue weighted by atomic mass is 9.72. The molecule has 1 fully saturated rings. The summed E-state index contributed by atoms with van der Waals surface area (Å²) in [6, 6.07) is 11.3. The number of fused-ring (bicyclic) bond motifs is 1. The SMILES string of the molecule is CC(C)(C)OC(=O)N1CC2(Cc3cc(/C=C\C(=O)OCc4ccccc4)cnc3NC2=O)C1. The van der Waals surface area contributed by atoms with Crippen LogP contribution in [-0.2, 0) is 32.1 Å². The Morgan fingerprint density at radius 1 is 1.21 bits per heavy atom. The lowest BCUT2D eigenvalue weighted by molar-refractivity contribution is -0.139. The van der Waals surface area contributed by atoms with Crippen LogP contribution in [0.1, 0.15) is 37.5 Å². The second-order valence-electron chi connectivity index (χ2n) is 9.45. The molecule has 2 amide bonds. The minimum atomic E-state index is -0.692. The number of esters is 1. The average molecular weight is 450 g/mol. The number of pyridine rings is 1. The number of benzene rings is 1. The van der Waals surface area contributed by atoms with Gasteiger partial charge in [-0.3, -0.25) is 4.79 Å². The molecule has 0 atom stereocenters. The van der Waals surface area contributed by atoms with Crippen LogP contribution in [0.4, 0.5) is 10.6 Å². The topological polar surface area (TPSA) is 97.8 Å². The van der Waals surface area contributed by atoms with Crippen molar-refractivity contribution < 1.29 is 23.9 Å². The van der Waals surface area contributed by atoms with E-state index < -0.39 is 23.1 Å². The summed E-state index contributed by atoms with van der Waals surface area (Å²) < 4.78 is 10.6. The number of ether oxygens (including phenoxy) is 2. The van der Waals surface area contributed by atoms with E-state index in [9.17, 15) is 14.4 Å². The van der Waals surface area contributed by atoms with Crippen LogP contribution >= 0.6 is 0 Å². The van der Waals surface area contributed by atoms with Crippen LogP contribution in [0.25, 0.3) is 6.08 Å². The van der Waals surface area contributed by atoms with Gasteiger partial charge in [0.05, 0.1) is 5.41 Å². The van der Waals surface area contributed by atoms with E-state index in [4.69, 9.17) is 9.47 Å². The van der Waals surface area contributed by atoms with Crippen LogP contribution in [0.2, 0.25) is 0 Å². The standard InChI is InChI=1S/C25H27N3O5/c1-24(2,3)33-23(31)28-15-25(16-28)12-19-11-18(13-26-21(19)27-22(25)30)9-10-20(29)32-14-17-7-5-4-6-8-17/h4-11,13H,12,14-16H2,1-3H3,(H,26,27,30)/b10-9-. The second-order valence-corrected chi connectivity index (χ2v) is 9.45. The van der Waals surface area contributed by atoms with Crippen LogP contribution in [0.15, 0.2) is 48.7 Å². The predicted molar refractivity (Wildman–Crippen MR) is 122 cm³/mol. The minimum absolute atomic E-state index is 0.143. The maximum atomic E-state index is 12.7. The van der Waals surface area contributed by atoms with Gasteiger partial charge in [0, 0.05) is 25.4 Å². The van der Waals surface area contributed by atoms with Gasteiger partial charge in [-0.2, -0.15) is 0 Å². The summed E-state index contributed by atoms with van der Waals surface area (Å²) in [5.41, 5.74) is 1.21. The Kier molecular flexibility index (Phi) is 5.93. The summed E-state index contributed by atoms with van der Waals surface area (Å²) in [5.74, 6) is -0.0893. The molecule has 8 nitrogen and oxygen atoms in total. The van der Waals surface area contributed by atoms with Gasteiger partial charge in [-0.05, 0) is 56.0 Å². The molecule has 0 saturated carbocycles. The van der Waals surface area contributed by atoms with Crippen molar-refractivity contribution in [1.82, 2.24) is 9.88 Å². The smallest absolute Gasteiger partial charge is 0.410 e. The molecule has 0 aliphatic carbocycles. The first-order valence-electron chi connectivity index (χ1n) is 10.8. The molecule has 4 rings (SSSR count). The van der Waals surface area contributed by atoms with Crippen molar-refractivity contribution in [1.29, 1.82) is 0 Å². The molecule has 33 heavy (non-hydrogen) atoms. The summed E-state index contributed by atoms with van der Waals surface area (Å²) in [5, 5.41) is 2.85. The lowest BCUT2D eigenvalue weighted by Gasteiger charge is -2.50. The maximum absolute atomic E-state index is 12.7. The molecule has 2 aliphatic heterocycles. The quantitative estimate of drug-likeness (QED) is 0.566. The van der Waals surface area contributed by atoms with E-state index >= 15 is 0 Å². The molecule has 0 bridgehead atoms. The van der Waals surface area contributed by atoms with Gasteiger partial charge in [0.25, 0.3) is 0 Å². The summed E-state index contributed by atoms with van der Waals surface area (Å²) in [7, 11) is 0. The zero-order valence-corrected chi connectivity index (χ0v) is 19.0. The Morgan fingerprint density at radius 2 is 1.94 bits per heavy atom. The number of carbonyl (C=O) groups is 3. The monoisotopic (exact) mass is 449 g/mol. The molecule has 0 radical (unpaired) electrons. The Morgan fingerprint density at radius 3 is 2.64 bits per heavy atom. The third-order valence-corrected chi connectivity index (χ3v) is 5.50. The Bertz CT molecular complexity index is 1100. The molecule has 1 N–H and O–H groups in total. The van der Waals surface area contributed by atoms with E-state index in [0.717, 1.165) is 16.7 Å². The maximum Gasteiger partial charge on any atom is 0.410 e. The van der Waals surface area contributed by atoms with Crippen molar-refractivity contribution in [2.45, 2.75) is 39.4 Å². The van der Waals surface area contributed by atoms with Crippen molar-refractivity contribution in [3.8, 4) is 0 Å². The molecule has 1 aromatic heterocycles. The van der Waals surface area contributed by atoms with Gasteiger partial charge in [0.2, 0.25) is 5.91 Å². The molecule has 172 valence electrons. The number of hydrogen-bond acceptors (Lipinski definition) is 6. The third kappa shape index (κ3) is 5.22. The summed E-state index contributed by atoms with van der Waals surface area (Å²) >= 11 is 0. The Hall–Kier alpha value is -3.68. The number of rotatable bonds is 4. The van der Waals surface area contributed by atoms with Crippen LogP contribution in [0.5, 0.6) is 0 Å². The van der Waals surface area contributed by atoms with Crippen LogP contribution in [-0.4, -0.2) is 46.5 Å². The molecule has 1 saturated heterocycles. The van der Waals surface area contributed by atoms with E-state index in [-0.39, 0.29) is 12.5 Å². The average Bonchev–Trinajstić information content (AvgIpc) is 2.73. The highest BCUT2D eigenvalue weighted by molar-refractivity contribution is 5.99. The fourth-order valence-electron chi connectivity index (χ4n) is 3.89. The molecule has 2 aromatic rings. The normalized spacial score (nSPS) is 16.7. The molecular formula is C25H27N3O5. The number of carbonyl (C=O) groups excluding carboxylic acids is 3. The van der Waals surface area contributed by atoms with Gasteiger partial charge >= 0.3 is 12.1 Å². The van der Waals surface area contributed by atoms with Crippen LogP contribution in [0.3, 0.4) is 0 Å². The van der Waals surface area contributed by atoms with Gasteiger partial charge in [-0.15, -0.1) is 0 Å². The molecule has 3 heterocycles. The summed E-state index contributed by atoms with van der Waals surface area (Å²) in [6.07, 6.45) is 4.62. The van der Waals surface area contributed by atoms with Crippen molar-refractivity contribution in [3.63, 3.8) is 0 Å². The zero-order valence-electron chi connectivity index (χ0n) is 19.0. The number of aromatic nitrogens is 1. The van der Waals surface area contributed by atoms with E-state index in [0.29, 0.717) is 25.3 Å². The van der Waals surface area contributed by atoms with Gasteiger partial charge in [-0.1, -0.05) is 30.3 Å². The number of amides is 2. The molecule has 0 unspecified atom stereocenters. The highest BCUT2D eigenvalue weighted by Crippen LogP contribution is 2.41. The second kappa shape index (κ2) is 8.69. The van der Waals surface area contributed by atoms with Crippen LogP contribution < -0.4 is 5.32 Å². The van der Waals surface area contributed by atoms with Gasteiger partial charge < -0.3 is 19.7 Å². The number of hydrogen-bond donors (Lipinski definition) is 1. The third-order valence-electron chi connectivity index (χ3n) is 5.50. The van der Waals surface area contributed by atoms with Crippen molar-refractivity contribution >= 4 is 29.9 Å². The molecule has 2 aliphatic rings. The largest absolute Gasteiger partial charge is 0.458 e. The summed E-state index contributed by atoms with van der Waals surface area (Å²) in [6.45, 7) is 6.21. The number of anilines is 1. The van der Waals surface area contributed by atoms with E-state index in [2.05, 4.69) is 10.3 Å². The molecule has 1 spiro atoms.